The Morgan fingerprint density at radius 3 is 2.62 bits per heavy atom. The van der Waals surface area contributed by atoms with Crippen molar-refractivity contribution in [3.8, 4) is 11.6 Å². The van der Waals surface area contributed by atoms with Crippen LogP contribution in [0.5, 0.6) is 11.6 Å². The van der Waals surface area contributed by atoms with E-state index in [9.17, 15) is 0 Å². The Labute approximate surface area is 137 Å². The molecule has 5 nitrogen and oxygen atoms in total. The molecule has 0 amide bonds. The summed E-state index contributed by atoms with van der Waals surface area (Å²) >= 11 is 6.94. The Morgan fingerprint density at radius 1 is 1.00 bits per heavy atom. The Bertz CT molecular complexity index is 810. The molecule has 0 saturated heterocycles. The molecule has 3 rings (SSSR count). The minimum absolute atomic E-state index is 0.383. The van der Waals surface area contributed by atoms with Crippen LogP contribution in [0.15, 0.2) is 51.7 Å². The van der Waals surface area contributed by atoms with Gasteiger partial charge in [-0.1, -0.05) is 30.3 Å². The summed E-state index contributed by atoms with van der Waals surface area (Å²) in [5.41, 5.74) is 2.48. The summed E-state index contributed by atoms with van der Waals surface area (Å²) in [6.45, 7) is 0. The lowest BCUT2D eigenvalue weighted by Crippen LogP contribution is -2.09. The quantitative estimate of drug-likeness (QED) is 0.500. The van der Waals surface area contributed by atoms with Crippen LogP contribution in [0.4, 0.5) is 5.82 Å². The molecule has 0 aliphatic heterocycles. The van der Waals surface area contributed by atoms with Gasteiger partial charge in [0, 0.05) is 0 Å². The minimum atomic E-state index is 0.383. The van der Waals surface area contributed by atoms with E-state index in [0.717, 1.165) is 15.2 Å². The number of anilines is 1. The third kappa shape index (κ3) is 2.72. The number of ether oxygens (including phenoxy) is 1. The molecule has 7 heteroatoms. The number of hydrogen-bond donors (Lipinski definition) is 2. The number of fused-ring (bicyclic) bond motifs is 1. The van der Waals surface area contributed by atoms with Gasteiger partial charge in [-0.15, -0.1) is 0 Å². The summed E-state index contributed by atoms with van der Waals surface area (Å²) < 4.78 is 7.28. The Balaban J connectivity index is 2.04. The summed E-state index contributed by atoms with van der Waals surface area (Å²) in [5.74, 6) is 6.88. The van der Waals surface area contributed by atoms with Gasteiger partial charge in [0.25, 0.3) is 0 Å². The number of benzene rings is 2. The van der Waals surface area contributed by atoms with E-state index in [-0.39, 0.29) is 0 Å². The lowest BCUT2D eigenvalue weighted by atomic mass is 10.1. The molecule has 3 N–H and O–H groups in total. The zero-order chi connectivity index (χ0) is 14.8. The van der Waals surface area contributed by atoms with Gasteiger partial charge >= 0.3 is 0 Å². The third-order valence-corrected chi connectivity index (χ3v) is 4.46. The fourth-order valence-corrected chi connectivity index (χ4v) is 2.90. The zero-order valence-electron chi connectivity index (χ0n) is 10.7. The molecule has 0 saturated carbocycles. The molecule has 3 aromatic rings. The van der Waals surface area contributed by atoms with E-state index in [4.69, 9.17) is 10.6 Å². The molecule has 0 atom stereocenters. The number of nitrogen functional groups attached to an aromatic ring is 1. The smallest absolute Gasteiger partial charge is 0.238 e. The van der Waals surface area contributed by atoms with Gasteiger partial charge in [0.05, 0.1) is 4.47 Å². The second-order valence-electron chi connectivity index (χ2n) is 4.19. The fourth-order valence-electron chi connectivity index (χ4n) is 1.92. The maximum Gasteiger partial charge on any atom is 0.238 e. The van der Waals surface area contributed by atoms with Gasteiger partial charge in [-0.3, -0.25) is 0 Å². The lowest BCUT2D eigenvalue weighted by Gasteiger charge is -2.11. The first-order valence-electron chi connectivity index (χ1n) is 6.03. The number of nitrogens with two attached hydrogens (primary N) is 1. The van der Waals surface area contributed by atoms with E-state index in [1.807, 2.05) is 36.4 Å². The largest absolute Gasteiger partial charge is 0.436 e. The minimum Gasteiger partial charge on any atom is -0.436 e. The predicted molar refractivity (Wildman–Crippen MR) is 89.3 cm³/mol. The van der Waals surface area contributed by atoms with Gasteiger partial charge in [0.2, 0.25) is 5.88 Å². The van der Waals surface area contributed by atoms with E-state index in [1.165, 1.54) is 6.33 Å². The zero-order valence-corrected chi connectivity index (χ0v) is 13.8. The van der Waals surface area contributed by atoms with Crippen molar-refractivity contribution >= 4 is 48.5 Å². The molecule has 2 aromatic carbocycles. The predicted octanol–water partition coefficient (Wildman–Crippen LogP) is 4.23. The molecule has 0 fully saturated rings. The summed E-state index contributed by atoms with van der Waals surface area (Å²) in [7, 11) is 0. The topological polar surface area (TPSA) is 73.1 Å². The van der Waals surface area contributed by atoms with E-state index in [0.29, 0.717) is 21.9 Å². The summed E-state index contributed by atoms with van der Waals surface area (Å²) in [6, 6.07) is 11.9. The van der Waals surface area contributed by atoms with Gasteiger partial charge < -0.3 is 10.2 Å². The number of hydrazine groups is 1. The number of nitrogens with one attached hydrogen (secondary N) is 1. The van der Waals surface area contributed by atoms with Crippen molar-refractivity contribution in [2.75, 3.05) is 5.43 Å². The molecule has 0 unspecified atom stereocenters. The van der Waals surface area contributed by atoms with Crippen LogP contribution in [0.25, 0.3) is 10.8 Å². The highest BCUT2D eigenvalue weighted by atomic mass is 79.9. The average Bonchev–Trinajstić information content (AvgIpc) is 2.52. The van der Waals surface area contributed by atoms with Crippen molar-refractivity contribution in [1.29, 1.82) is 0 Å². The van der Waals surface area contributed by atoms with Crippen molar-refractivity contribution in [1.82, 2.24) is 9.97 Å². The number of nitrogens with zero attached hydrogens (tertiary/aromatic N) is 2. The summed E-state index contributed by atoms with van der Waals surface area (Å²) in [5, 5.41) is 2.19. The normalized spacial score (nSPS) is 10.6. The Morgan fingerprint density at radius 2 is 1.81 bits per heavy atom. The Kier molecular flexibility index (Phi) is 4.05. The second-order valence-corrected chi connectivity index (χ2v) is 5.77. The molecular formula is C14H10Br2N4O. The van der Waals surface area contributed by atoms with E-state index in [2.05, 4.69) is 47.3 Å². The van der Waals surface area contributed by atoms with Crippen LogP contribution in [0, 0.1) is 0 Å². The number of halogens is 2. The van der Waals surface area contributed by atoms with Gasteiger partial charge in [0.15, 0.2) is 5.82 Å². The molecule has 0 aliphatic carbocycles. The highest BCUT2D eigenvalue weighted by Gasteiger charge is 2.13. The Hall–Kier alpha value is -1.70. The molecule has 1 heterocycles. The third-order valence-electron chi connectivity index (χ3n) is 2.93. The highest BCUT2D eigenvalue weighted by Crippen LogP contribution is 2.38. The standard InChI is InChI=1S/C14H10Br2N4O/c15-11-9-4-2-1-3-8(9)5-6-10(11)21-14-12(16)13(20-17)18-7-19-14/h1-7H,17H2,(H,18,19,20). The van der Waals surface area contributed by atoms with Crippen molar-refractivity contribution in [3.05, 3.63) is 51.7 Å². The van der Waals surface area contributed by atoms with Crippen LogP contribution in [0.2, 0.25) is 0 Å². The highest BCUT2D eigenvalue weighted by molar-refractivity contribution is 9.11. The number of hydrogen-bond acceptors (Lipinski definition) is 5. The first kappa shape index (κ1) is 14.2. The van der Waals surface area contributed by atoms with Gasteiger partial charge in [-0.25, -0.2) is 15.8 Å². The monoisotopic (exact) mass is 408 g/mol. The van der Waals surface area contributed by atoms with Crippen LogP contribution >= 0.6 is 31.9 Å². The van der Waals surface area contributed by atoms with Crippen LogP contribution < -0.4 is 16.0 Å². The van der Waals surface area contributed by atoms with Crippen molar-refractivity contribution in [2.45, 2.75) is 0 Å². The first-order chi connectivity index (χ1) is 10.2. The molecule has 106 valence electrons. The molecule has 0 spiro atoms. The molecule has 21 heavy (non-hydrogen) atoms. The molecule has 1 aromatic heterocycles. The molecule has 0 aliphatic rings. The van der Waals surface area contributed by atoms with E-state index >= 15 is 0 Å². The van der Waals surface area contributed by atoms with Crippen LogP contribution in [-0.2, 0) is 0 Å². The number of aromatic nitrogens is 2. The average molecular weight is 410 g/mol. The molecule has 0 radical (unpaired) electrons. The molecule has 0 bridgehead atoms. The van der Waals surface area contributed by atoms with Gasteiger partial charge in [-0.05, 0) is 48.7 Å². The van der Waals surface area contributed by atoms with Crippen LogP contribution in [0.1, 0.15) is 0 Å². The SMILES string of the molecule is NNc1ncnc(Oc2ccc3ccccc3c2Br)c1Br. The van der Waals surface area contributed by atoms with Gasteiger partial charge in [-0.2, -0.15) is 0 Å². The van der Waals surface area contributed by atoms with Crippen LogP contribution in [-0.4, -0.2) is 9.97 Å². The molecular weight excluding hydrogens is 400 g/mol. The van der Waals surface area contributed by atoms with Crippen LogP contribution in [0.3, 0.4) is 0 Å². The van der Waals surface area contributed by atoms with Crippen molar-refractivity contribution in [3.63, 3.8) is 0 Å². The van der Waals surface area contributed by atoms with Crippen molar-refractivity contribution in [2.24, 2.45) is 5.84 Å². The van der Waals surface area contributed by atoms with Crippen molar-refractivity contribution < 1.29 is 4.74 Å². The maximum atomic E-state index is 5.85. The lowest BCUT2D eigenvalue weighted by molar-refractivity contribution is 0.456. The first-order valence-corrected chi connectivity index (χ1v) is 7.61. The fraction of sp³-hybridized carbons (Fsp3) is 0. The van der Waals surface area contributed by atoms with E-state index < -0.39 is 0 Å². The second kappa shape index (κ2) is 5.97. The number of rotatable bonds is 3. The maximum absolute atomic E-state index is 5.85. The summed E-state index contributed by atoms with van der Waals surface area (Å²) in [4.78, 5) is 8.09. The van der Waals surface area contributed by atoms with E-state index in [1.54, 1.807) is 0 Å². The van der Waals surface area contributed by atoms with Gasteiger partial charge in [0.1, 0.15) is 16.5 Å². The summed E-state index contributed by atoms with van der Waals surface area (Å²) in [6.07, 6.45) is 1.38.